The van der Waals surface area contributed by atoms with Crippen molar-refractivity contribution in [2.45, 2.75) is 44.2 Å². The van der Waals surface area contributed by atoms with E-state index in [9.17, 15) is 23.4 Å². The van der Waals surface area contributed by atoms with E-state index in [4.69, 9.17) is 9.47 Å². The molecule has 0 saturated carbocycles. The van der Waals surface area contributed by atoms with Gasteiger partial charge in [0.1, 0.15) is 5.75 Å². The van der Waals surface area contributed by atoms with Crippen LogP contribution in [-0.2, 0) is 16.4 Å². The molecule has 0 aromatic heterocycles. The van der Waals surface area contributed by atoms with Gasteiger partial charge in [-0.1, -0.05) is 50.2 Å². The standard InChI is InChI=1S/C30H36N2O7S/c1-20(2)17-32(40(36,37)23-13-14-28-29(16-23)39-19-38-28)18-27(34)25(15-22-9-6-5-7-10-22)31(4)30(35)24-11-8-12-26(33)21(24)3/h5-14,16,20,25,27,33-34H,15,17-19H2,1-4H3/t25-,27+/m0/s1. The summed E-state index contributed by atoms with van der Waals surface area (Å²) in [4.78, 5) is 15.1. The Balaban J connectivity index is 1.66. The fourth-order valence-corrected chi connectivity index (χ4v) is 6.41. The molecule has 0 unspecified atom stereocenters. The van der Waals surface area contributed by atoms with Gasteiger partial charge in [-0.05, 0) is 49.1 Å². The normalized spacial score (nSPS) is 14.4. The van der Waals surface area contributed by atoms with Gasteiger partial charge in [0.15, 0.2) is 11.5 Å². The monoisotopic (exact) mass is 568 g/mol. The predicted octanol–water partition coefficient (Wildman–Crippen LogP) is 3.82. The number of hydrogen-bond donors (Lipinski definition) is 2. The molecule has 2 atom stereocenters. The van der Waals surface area contributed by atoms with Crippen molar-refractivity contribution in [2.24, 2.45) is 5.92 Å². The molecule has 40 heavy (non-hydrogen) atoms. The van der Waals surface area contributed by atoms with Gasteiger partial charge in [-0.15, -0.1) is 0 Å². The van der Waals surface area contributed by atoms with Crippen LogP contribution in [0.5, 0.6) is 17.2 Å². The Morgan fingerprint density at radius 1 is 0.975 bits per heavy atom. The molecule has 3 aromatic carbocycles. The average molecular weight is 569 g/mol. The van der Waals surface area contributed by atoms with Crippen molar-refractivity contribution in [2.75, 3.05) is 26.9 Å². The van der Waals surface area contributed by atoms with E-state index in [0.29, 0.717) is 29.0 Å². The van der Waals surface area contributed by atoms with Crippen LogP contribution in [0.2, 0.25) is 0 Å². The molecular formula is C30H36N2O7S. The fourth-order valence-electron chi connectivity index (χ4n) is 4.78. The average Bonchev–Trinajstić information content (AvgIpc) is 3.40. The molecule has 0 fully saturated rings. The molecule has 0 bridgehead atoms. The molecular weight excluding hydrogens is 532 g/mol. The van der Waals surface area contributed by atoms with Crippen LogP contribution >= 0.6 is 0 Å². The summed E-state index contributed by atoms with van der Waals surface area (Å²) in [6.07, 6.45) is -0.934. The van der Waals surface area contributed by atoms with E-state index in [1.165, 1.54) is 27.4 Å². The second-order valence-electron chi connectivity index (χ2n) is 10.4. The van der Waals surface area contributed by atoms with E-state index in [2.05, 4.69) is 0 Å². The molecule has 1 heterocycles. The summed E-state index contributed by atoms with van der Waals surface area (Å²) in [5, 5.41) is 21.8. The first-order valence-electron chi connectivity index (χ1n) is 13.2. The number of aromatic hydroxyl groups is 1. The highest BCUT2D eigenvalue weighted by atomic mass is 32.2. The van der Waals surface area contributed by atoms with Gasteiger partial charge in [-0.25, -0.2) is 8.42 Å². The van der Waals surface area contributed by atoms with Gasteiger partial charge in [0.2, 0.25) is 16.8 Å². The molecule has 1 aliphatic heterocycles. The minimum Gasteiger partial charge on any atom is -0.508 e. The van der Waals surface area contributed by atoms with Crippen LogP contribution in [0.15, 0.2) is 71.6 Å². The molecule has 3 aromatic rings. The van der Waals surface area contributed by atoms with E-state index in [-0.39, 0.29) is 42.4 Å². The quantitative estimate of drug-likeness (QED) is 0.361. The van der Waals surface area contributed by atoms with Crippen molar-refractivity contribution >= 4 is 15.9 Å². The van der Waals surface area contributed by atoms with Crippen LogP contribution in [0.25, 0.3) is 0 Å². The van der Waals surface area contributed by atoms with Crippen molar-refractivity contribution in [1.29, 1.82) is 0 Å². The topological polar surface area (TPSA) is 117 Å². The first-order valence-corrected chi connectivity index (χ1v) is 14.6. The number of ether oxygens (including phenoxy) is 2. The summed E-state index contributed by atoms with van der Waals surface area (Å²) in [6.45, 7) is 5.40. The second-order valence-corrected chi connectivity index (χ2v) is 12.4. The Morgan fingerprint density at radius 3 is 2.38 bits per heavy atom. The number of aliphatic hydroxyl groups is 1. The minimum absolute atomic E-state index is 0.00247. The zero-order valence-electron chi connectivity index (χ0n) is 23.1. The van der Waals surface area contributed by atoms with Crippen LogP contribution < -0.4 is 9.47 Å². The summed E-state index contributed by atoms with van der Waals surface area (Å²) < 4.78 is 39.6. The van der Waals surface area contributed by atoms with Crippen molar-refractivity contribution in [1.82, 2.24) is 9.21 Å². The highest BCUT2D eigenvalue weighted by molar-refractivity contribution is 7.89. The lowest BCUT2D eigenvalue weighted by molar-refractivity contribution is 0.0369. The van der Waals surface area contributed by atoms with Crippen molar-refractivity contribution < 1.29 is 32.9 Å². The smallest absolute Gasteiger partial charge is 0.254 e. The first-order chi connectivity index (χ1) is 19.0. The maximum atomic E-state index is 13.8. The summed E-state index contributed by atoms with van der Waals surface area (Å²) in [5.74, 6) is 0.400. The number of carbonyl (C=O) groups is 1. The Kier molecular flexibility index (Phi) is 9.02. The summed E-state index contributed by atoms with van der Waals surface area (Å²) >= 11 is 0. The predicted molar refractivity (Wildman–Crippen MR) is 151 cm³/mol. The van der Waals surface area contributed by atoms with Gasteiger partial charge >= 0.3 is 0 Å². The number of carbonyl (C=O) groups excluding carboxylic acids is 1. The van der Waals surface area contributed by atoms with Gasteiger partial charge in [0.25, 0.3) is 5.91 Å². The molecule has 214 valence electrons. The number of amides is 1. The van der Waals surface area contributed by atoms with Gasteiger partial charge in [0.05, 0.1) is 17.0 Å². The second kappa shape index (κ2) is 12.3. The van der Waals surface area contributed by atoms with Crippen LogP contribution in [-0.4, -0.2) is 72.8 Å². The molecule has 0 saturated heterocycles. The van der Waals surface area contributed by atoms with Gasteiger partial charge in [0, 0.05) is 37.3 Å². The number of rotatable bonds is 11. The van der Waals surface area contributed by atoms with E-state index >= 15 is 0 Å². The number of hydrogen-bond acceptors (Lipinski definition) is 7. The third kappa shape index (κ3) is 6.41. The number of nitrogens with zero attached hydrogens (tertiary/aromatic N) is 2. The number of fused-ring (bicyclic) bond motifs is 1. The molecule has 10 heteroatoms. The lowest BCUT2D eigenvalue weighted by Gasteiger charge is -2.35. The van der Waals surface area contributed by atoms with Crippen molar-refractivity contribution in [3.8, 4) is 17.2 Å². The SMILES string of the molecule is Cc1c(O)cccc1C(=O)N(C)[C@@H](Cc1ccccc1)[C@H](O)CN(CC(C)C)S(=O)(=O)c1ccc2c(c1)OCO2. The maximum Gasteiger partial charge on any atom is 0.254 e. The zero-order chi connectivity index (χ0) is 29.0. The molecule has 0 aliphatic carbocycles. The highest BCUT2D eigenvalue weighted by Crippen LogP contribution is 2.35. The summed E-state index contributed by atoms with van der Waals surface area (Å²) in [7, 11) is -2.44. The molecule has 4 rings (SSSR count). The molecule has 1 amide bonds. The summed E-state index contributed by atoms with van der Waals surface area (Å²) in [6, 6.07) is 17.8. The molecule has 0 radical (unpaired) electrons. The van der Waals surface area contributed by atoms with Crippen LogP contribution in [0.4, 0.5) is 0 Å². The van der Waals surface area contributed by atoms with Crippen LogP contribution in [0, 0.1) is 12.8 Å². The summed E-state index contributed by atoms with van der Waals surface area (Å²) in [5.41, 5.74) is 1.62. The third-order valence-electron chi connectivity index (χ3n) is 7.03. The minimum atomic E-state index is -4.03. The van der Waals surface area contributed by atoms with E-state index < -0.39 is 22.2 Å². The molecule has 0 spiro atoms. The van der Waals surface area contributed by atoms with Crippen molar-refractivity contribution in [3.63, 3.8) is 0 Å². The Hall–Kier alpha value is -3.60. The van der Waals surface area contributed by atoms with Crippen molar-refractivity contribution in [3.05, 3.63) is 83.4 Å². The highest BCUT2D eigenvalue weighted by Gasteiger charge is 2.35. The van der Waals surface area contributed by atoms with Crippen LogP contribution in [0.3, 0.4) is 0 Å². The van der Waals surface area contributed by atoms with Crippen LogP contribution in [0.1, 0.15) is 35.3 Å². The Bertz CT molecular complexity index is 1440. The number of phenols is 1. The molecule has 2 N–H and O–H groups in total. The molecule has 9 nitrogen and oxygen atoms in total. The van der Waals surface area contributed by atoms with E-state index in [1.54, 1.807) is 32.2 Å². The first kappa shape index (κ1) is 29.4. The van der Waals surface area contributed by atoms with Gasteiger partial charge in [-0.3, -0.25) is 4.79 Å². The number of sulfonamides is 1. The van der Waals surface area contributed by atoms with Gasteiger partial charge in [-0.2, -0.15) is 4.31 Å². The lowest BCUT2D eigenvalue weighted by atomic mass is 9.98. The molecule has 1 aliphatic rings. The Labute approximate surface area is 235 Å². The van der Waals surface area contributed by atoms with Gasteiger partial charge < -0.3 is 24.6 Å². The lowest BCUT2D eigenvalue weighted by Crippen LogP contribution is -2.51. The Morgan fingerprint density at radius 2 is 1.68 bits per heavy atom. The number of phenolic OH excluding ortho intramolecular Hbond substituents is 1. The number of likely N-dealkylation sites (N-methyl/N-ethyl adjacent to an activating group) is 1. The number of aliphatic hydroxyl groups excluding tert-OH is 1. The fraction of sp³-hybridized carbons (Fsp3) is 0.367. The maximum absolute atomic E-state index is 13.8. The van der Waals surface area contributed by atoms with E-state index in [0.717, 1.165) is 5.56 Å². The zero-order valence-corrected chi connectivity index (χ0v) is 24.0. The third-order valence-corrected chi connectivity index (χ3v) is 8.85. The number of benzene rings is 3. The largest absolute Gasteiger partial charge is 0.508 e. The van der Waals surface area contributed by atoms with E-state index in [1.807, 2.05) is 44.2 Å².